The highest BCUT2D eigenvalue weighted by Gasteiger charge is 2.25. The first-order chi connectivity index (χ1) is 12.6. The summed E-state index contributed by atoms with van der Waals surface area (Å²) < 4.78 is 1.85. The van der Waals surface area contributed by atoms with Crippen molar-refractivity contribution in [2.45, 2.75) is 40.3 Å². The highest BCUT2D eigenvalue weighted by atomic mass is 16.2. The van der Waals surface area contributed by atoms with Gasteiger partial charge < -0.3 is 4.90 Å². The molecule has 1 saturated heterocycles. The van der Waals surface area contributed by atoms with Crippen molar-refractivity contribution in [3.63, 3.8) is 0 Å². The van der Waals surface area contributed by atoms with Crippen molar-refractivity contribution >= 4 is 5.91 Å². The van der Waals surface area contributed by atoms with Gasteiger partial charge in [0.1, 0.15) is 5.69 Å². The Hall–Kier alpha value is -2.21. The summed E-state index contributed by atoms with van der Waals surface area (Å²) in [6.45, 7) is 11.3. The molecule has 0 unspecified atom stereocenters. The van der Waals surface area contributed by atoms with Gasteiger partial charge in [0.05, 0.1) is 5.69 Å². The maximum absolute atomic E-state index is 13.0. The number of pyridine rings is 1. The first-order valence-electron chi connectivity index (χ1n) is 9.54. The second-order valence-corrected chi connectivity index (χ2v) is 7.36. The first-order valence-corrected chi connectivity index (χ1v) is 9.54. The second kappa shape index (κ2) is 8.45. The minimum atomic E-state index is 0.107. The number of aromatic nitrogens is 3. The molecule has 6 heteroatoms. The molecule has 26 heavy (non-hydrogen) atoms. The highest BCUT2D eigenvalue weighted by Crippen LogP contribution is 2.15. The average Bonchev–Trinajstić information content (AvgIpc) is 3.04. The van der Waals surface area contributed by atoms with Crippen LogP contribution in [0.15, 0.2) is 30.6 Å². The maximum atomic E-state index is 13.0. The molecule has 1 amide bonds. The second-order valence-electron chi connectivity index (χ2n) is 7.36. The Balaban J connectivity index is 1.60. The monoisotopic (exact) mass is 355 g/mol. The maximum Gasteiger partial charge on any atom is 0.272 e. The van der Waals surface area contributed by atoms with E-state index in [0.29, 0.717) is 5.92 Å². The fraction of sp³-hybridized carbons (Fsp3) is 0.550. The molecule has 1 aliphatic heterocycles. The number of aryl methyl sites for hydroxylation is 1. The van der Waals surface area contributed by atoms with Crippen LogP contribution in [0.1, 0.15) is 42.5 Å². The SMILES string of the molecule is CCn1nc(CC(C)C)cc1C(=O)N1CCN(Cc2cccnc2)CC1. The van der Waals surface area contributed by atoms with Crippen LogP contribution in [0.4, 0.5) is 0 Å². The van der Waals surface area contributed by atoms with Crippen LogP contribution in [0.2, 0.25) is 0 Å². The average molecular weight is 355 g/mol. The molecule has 3 rings (SSSR count). The molecule has 2 aromatic rings. The van der Waals surface area contributed by atoms with E-state index >= 15 is 0 Å². The Labute approximate surface area is 155 Å². The van der Waals surface area contributed by atoms with Crippen LogP contribution in [0.3, 0.4) is 0 Å². The minimum absolute atomic E-state index is 0.107. The fourth-order valence-electron chi connectivity index (χ4n) is 3.42. The molecule has 1 fully saturated rings. The van der Waals surface area contributed by atoms with Gasteiger partial charge in [0.2, 0.25) is 0 Å². The van der Waals surface area contributed by atoms with Crippen molar-refractivity contribution in [1.29, 1.82) is 0 Å². The molecule has 3 heterocycles. The third kappa shape index (κ3) is 4.49. The molecule has 0 radical (unpaired) electrons. The van der Waals surface area contributed by atoms with E-state index in [1.165, 1.54) is 5.56 Å². The largest absolute Gasteiger partial charge is 0.335 e. The van der Waals surface area contributed by atoms with Crippen LogP contribution >= 0.6 is 0 Å². The normalized spacial score (nSPS) is 15.6. The number of hydrogen-bond donors (Lipinski definition) is 0. The summed E-state index contributed by atoms with van der Waals surface area (Å²) in [6, 6.07) is 6.05. The highest BCUT2D eigenvalue weighted by molar-refractivity contribution is 5.92. The molecular formula is C20H29N5O. The van der Waals surface area contributed by atoms with Crippen molar-refractivity contribution in [1.82, 2.24) is 24.6 Å². The van der Waals surface area contributed by atoms with Gasteiger partial charge in [-0.25, -0.2) is 0 Å². The van der Waals surface area contributed by atoms with E-state index in [9.17, 15) is 4.79 Å². The standard InChI is InChI=1S/C20H29N5O/c1-4-25-19(13-18(22-25)12-16(2)3)20(26)24-10-8-23(9-11-24)15-17-6-5-7-21-14-17/h5-7,13-14,16H,4,8-12,15H2,1-3H3. The summed E-state index contributed by atoms with van der Waals surface area (Å²) in [5.74, 6) is 0.643. The molecule has 0 N–H and O–H groups in total. The van der Waals surface area contributed by atoms with Crippen molar-refractivity contribution in [3.8, 4) is 0 Å². The van der Waals surface area contributed by atoms with Crippen molar-refractivity contribution in [2.24, 2.45) is 5.92 Å². The van der Waals surface area contributed by atoms with E-state index in [4.69, 9.17) is 0 Å². The van der Waals surface area contributed by atoms with Gasteiger partial charge >= 0.3 is 0 Å². The van der Waals surface area contributed by atoms with Crippen LogP contribution < -0.4 is 0 Å². The topological polar surface area (TPSA) is 54.3 Å². The van der Waals surface area contributed by atoms with Gasteiger partial charge in [-0.2, -0.15) is 5.10 Å². The van der Waals surface area contributed by atoms with E-state index in [0.717, 1.165) is 57.1 Å². The molecule has 2 aromatic heterocycles. The lowest BCUT2D eigenvalue weighted by molar-refractivity contribution is 0.0616. The lowest BCUT2D eigenvalue weighted by atomic mass is 10.1. The van der Waals surface area contributed by atoms with Gasteiger partial charge in [-0.1, -0.05) is 19.9 Å². The van der Waals surface area contributed by atoms with Crippen LogP contribution in [0.25, 0.3) is 0 Å². The van der Waals surface area contributed by atoms with Crippen LogP contribution in [-0.4, -0.2) is 56.7 Å². The van der Waals surface area contributed by atoms with Gasteiger partial charge in [0.25, 0.3) is 5.91 Å². The molecule has 0 spiro atoms. The molecular weight excluding hydrogens is 326 g/mol. The third-order valence-electron chi connectivity index (χ3n) is 4.76. The molecule has 0 saturated carbocycles. The smallest absolute Gasteiger partial charge is 0.272 e. The number of carbonyl (C=O) groups is 1. The lowest BCUT2D eigenvalue weighted by Gasteiger charge is -2.34. The summed E-state index contributed by atoms with van der Waals surface area (Å²) >= 11 is 0. The quantitative estimate of drug-likeness (QED) is 0.799. The van der Waals surface area contributed by atoms with Crippen LogP contribution in [0.5, 0.6) is 0 Å². The summed E-state index contributed by atoms with van der Waals surface area (Å²) in [5.41, 5.74) is 2.96. The van der Waals surface area contributed by atoms with E-state index in [1.54, 1.807) is 6.20 Å². The number of rotatable bonds is 6. The molecule has 6 nitrogen and oxygen atoms in total. The predicted molar refractivity (Wildman–Crippen MR) is 102 cm³/mol. The molecule has 0 aliphatic carbocycles. The third-order valence-corrected chi connectivity index (χ3v) is 4.76. The predicted octanol–water partition coefficient (Wildman–Crippen LogP) is 2.45. The first kappa shape index (κ1) is 18.6. The Morgan fingerprint density at radius 1 is 1.23 bits per heavy atom. The van der Waals surface area contributed by atoms with Gasteiger partial charge in [-0.15, -0.1) is 0 Å². The summed E-state index contributed by atoms with van der Waals surface area (Å²) in [7, 11) is 0. The van der Waals surface area contributed by atoms with Gasteiger partial charge in [0.15, 0.2) is 0 Å². The number of nitrogens with zero attached hydrogens (tertiary/aromatic N) is 5. The summed E-state index contributed by atoms with van der Waals surface area (Å²) in [6.07, 6.45) is 4.62. The fourth-order valence-corrected chi connectivity index (χ4v) is 3.42. The molecule has 140 valence electrons. The molecule has 0 bridgehead atoms. The number of amides is 1. The van der Waals surface area contributed by atoms with E-state index in [2.05, 4.69) is 34.9 Å². The molecule has 0 aromatic carbocycles. The van der Waals surface area contributed by atoms with Gasteiger partial charge in [0, 0.05) is 51.7 Å². The Morgan fingerprint density at radius 2 is 2.00 bits per heavy atom. The zero-order chi connectivity index (χ0) is 18.5. The zero-order valence-corrected chi connectivity index (χ0v) is 16.1. The van der Waals surface area contributed by atoms with Crippen LogP contribution in [-0.2, 0) is 19.5 Å². The Morgan fingerprint density at radius 3 is 2.62 bits per heavy atom. The van der Waals surface area contributed by atoms with E-state index in [1.807, 2.05) is 34.8 Å². The van der Waals surface area contributed by atoms with Crippen LogP contribution in [0, 0.1) is 5.92 Å². The molecule has 1 aliphatic rings. The van der Waals surface area contributed by atoms with E-state index in [-0.39, 0.29) is 5.91 Å². The number of piperazine rings is 1. The Bertz CT molecular complexity index is 717. The van der Waals surface area contributed by atoms with Crippen molar-refractivity contribution in [2.75, 3.05) is 26.2 Å². The van der Waals surface area contributed by atoms with Crippen molar-refractivity contribution in [3.05, 3.63) is 47.5 Å². The van der Waals surface area contributed by atoms with E-state index < -0.39 is 0 Å². The van der Waals surface area contributed by atoms with Gasteiger partial charge in [-0.3, -0.25) is 19.4 Å². The van der Waals surface area contributed by atoms with Crippen molar-refractivity contribution < 1.29 is 4.79 Å². The number of carbonyl (C=O) groups excluding carboxylic acids is 1. The molecule has 0 atom stereocenters. The zero-order valence-electron chi connectivity index (χ0n) is 16.1. The Kier molecular flexibility index (Phi) is 6.04. The summed E-state index contributed by atoms with van der Waals surface area (Å²) in [4.78, 5) is 21.5. The summed E-state index contributed by atoms with van der Waals surface area (Å²) in [5, 5.41) is 4.61. The number of hydrogen-bond acceptors (Lipinski definition) is 4. The van der Waals surface area contributed by atoms with Gasteiger partial charge in [-0.05, 0) is 37.0 Å². The minimum Gasteiger partial charge on any atom is -0.335 e. The lowest BCUT2D eigenvalue weighted by Crippen LogP contribution is -2.48.